The smallest absolute Gasteiger partial charge is 0.254 e. The Morgan fingerprint density at radius 1 is 1.48 bits per heavy atom. The molecule has 114 valence electrons. The number of hydrogen-bond acceptors (Lipinski definition) is 3. The molecule has 4 nitrogen and oxygen atoms in total. The van der Waals surface area contributed by atoms with E-state index in [2.05, 4.69) is 11.8 Å². The summed E-state index contributed by atoms with van der Waals surface area (Å²) >= 11 is 0. The average molecular weight is 288 g/mol. The summed E-state index contributed by atoms with van der Waals surface area (Å²) in [4.78, 5) is 14.5. The second kappa shape index (κ2) is 8.46. The topological polar surface area (TPSA) is 55.6 Å². The van der Waals surface area contributed by atoms with Crippen LogP contribution < -0.4 is 5.73 Å². The van der Waals surface area contributed by atoms with Gasteiger partial charge in [-0.15, -0.1) is 0 Å². The lowest BCUT2D eigenvalue weighted by Gasteiger charge is -2.28. The molecule has 0 aromatic heterocycles. The number of nitrogens with two attached hydrogens (primary N) is 1. The van der Waals surface area contributed by atoms with Gasteiger partial charge in [0.2, 0.25) is 0 Å². The minimum Gasteiger partial charge on any atom is -0.383 e. The van der Waals surface area contributed by atoms with Crippen molar-refractivity contribution in [2.75, 3.05) is 26.8 Å². The van der Waals surface area contributed by atoms with E-state index in [-0.39, 0.29) is 11.9 Å². The third kappa shape index (κ3) is 4.32. The van der Waals surface area contributed by atoms with Crippen LogP contribution in [0.2, 0.25) is 0 Å². The highest BCUT2D eigenvalue weighted by Gasteiger charge is 2.21. The van der Waals surface area contributed by atoms with Crippen LogP contribution in [0.25, 0.3) is 0 Å². The fraction of sp³-hybridized carbons (Fsp3) is 0.471. The Hall–Kier alpha value is -1.83. The molecule has 0 aliphatic heterocycles. The van der Waals surface area contributed by atoms with E-state index >= 15 is 0 Å². The summed E-state index contributed by atoms with van der Waals surface area (Å²) in [6, 6.07) is 5.64. The van der Waals surface area contributed by atoms with Crippen LogP contribution in [0.5, 0.6) is 0 Å². The Balaban J connectivity index is 3.11. The van der Waals surface area contributed by atoms with Gasteiger partial charge in [0.25, 0.3) is 5.91 Å². The van der Waals surface area contributed by atoms with E-state index in [0.29, 0.717) is 25.3 Å². The van der Waals surface area contributed by atoms with Crippen LogP contribution in [-0.4, -0.2) is 43.7 Å². The molecule has 1 aromatic carbocycles. The largest absolute Gasteiger partial charge is 0.383 e. The first kappa shape index (κ1) is 17.2. The van der Waals surface area contributed by atoms with Gasteiger partial charge in [-0.1, -0.05) is 17.9 Å². The molecule has 2 N–H and O–H groups in total. The fourth-order valence-corrected chi connectivity index (χ4v) is 2.29. The maximum Gasteiger partial charge on any atom is 0.254 e. The summed E-state index contributed by atoms with van der Waals surface area (Å²) < 4.78 is 5.15. The quantitative estimate of drug-likeness (QED) is 0.841. The van der Waals surface area contributed by atoms with E-state index in [0.717, 1.165) is 11.1 Å². The molecule has 0 spiro atoms. The van der Waals surface area contributed by atoms with Crippen molar-refractivity contribution in [1.29, 1.82) is 0 Å². The van der Waals surface area contributed by atoms with E-state index in [1.54, 1.807) is 7.11 Å². The lowest BCUT2D eigenvalue weighted by Crippen LogP contribution is -2.41. The van der Waals surface area contributed by atoms with Crippen LogP contribution in [0.1, 0.15) is 35.3 Å². The highest BCUT2D eigenvalue weighted by molar-refractivity contribution is 5.96. The molecular formula is C17H24N2O2. The molecule has 1 unspecified atom stereocenters. The van der Waals surface area contributed by atoms with Crippen LogP contribution in [-0.2, 0) is 4.74 Å². The molecule has 0 aliphatic rings. The van der Waals surface area contributed by atoms with E-state index in [1.807, 2.05) is 43.9 Å². The Kier molecular flexibility index (Phi) is 6.93. The molecular weight excluding hydrogens is 264 g/mol. The number of likely N-dealkylation sites (N-methyl/N-ethyl adjacent to an activating group) is 1. The number of carbonyl (C=O) groups is 1. The van der Waals surface area contributed by atoms with Crippen molar-refractivity contribution in [2.45, 2.75) is 26.8 Å². The summed E-state index contributed by atoms with van der Waals surface area (Å²) in [5.41, 5.74) is 7.83. The van der Waals surface area contributed by atoms with E-state index in [1.165, 1.54) is 0 Å². The molecule has 1 rings (SSSR count). The predicted molar refractivity (Wildman–Crippen MR) is 85.2 cm³/mol. The minimum atomic E-state index is 0.0101. The number of amides is 1. The van der Waals surface area contributed by atoms with Crippen molar-refractivity contribution in [3.05, 3.63) is 34.9 Å². The molecule has 0 aliphatic carbocycles. The Morgan fingerprint density at radius 3 is 2.76 bits per heavy atom. The van der Waals surface area contributed by atoms with Gasteiger partial charge in [-0.25, -0.2) is 0 Å². The van der Waals surface area contributed by atoms with E-state index < -0.39 is 0 Å². The summed E-state index contributed by atoms with van der Waals surface area (Å²) in [6.07, 6.45) is 0. The zero-order valence-corrected chi connectivity index (χ0v) is 13.3. The molecule has 0 bridgehead atoms. The van der Waals surface area contributed by atoms with Crippen LogP contribution in [0.15, 0.2) is 18.2 Å². The lowest BCUT2D eigenvalue weighted by molar-refractivity contribution is 0.0578. The van der Waals surface area contributed by atoms with Crippen LogP contribution in [0, 0.1) is 18.8 Å². The van der Waals surface area contributed by atoms with Gasteiger partial charge in [-0.2, -0.15) is 0 Å². The first-order chi connectivity index (χ1) is 10.1. The molecule has 0 saturated carbocycles. The molecule has 1 atom stereocenters. The van der Waals surface area contributed by atoms with Gasteiger partial charge in [-0.05, 0) is 38.5 Å². The van der Waals surface area contributed by atoms with Gasteiger partial charge in [0, 0.05) is 24.8 Å². The van der Waals surface area contributed by atoms with Crippen LogP contribution >= 0.6 is 0 Å². The summed E-state index contributed by atoms with van der Waals surface area (Å²) in [5, 5.41) is 0. The summed E-state index contributed by atoms with van der Waals surface area (Å²) in [7, 11) is 1.64. The van der Waals surface area contributed by atoms with Crippen LogP contribution in [0.4, 0.5) is 0 Å². The minimum absolute atomic E-state index is 0.0101. The van der Waals surface area contributed by atoms with Gasteiger partial charge >= 0.3 is 0 Å². The molecule has 0 saturated heterocycles. The summed E-state index contributed by atoms with van der Waals surface area (Å²) in [5.74, 6) is 5.85. The van der Waals surface area contributed by atoms with Crippen molar-refractivity contribution in [3.63, 3.8) is 0 Å². The monoisotopic (exact) mass is 288 g/mol. The van der Waals surface area contributed by atoms with E-state index in [4.69, 9.17) is 10.5 Å². The van der Waals surface area contributed by atoms with Crippen molar-refractivity contribution < 1.29 is 9.53 Å². The fourth-order valence-electron chi connectivity index (χ4n) is 2.29. The number of nitrogens with zero attached hydrogens (tertiary/aromatic N) is 1. The molecule has 0 heterocycles. The van der Waals surface area contributed by atoms with Gasteiger partial charge in [-0.3, -0.25) is 4.79 Å². The third-order valence-electron chi connectivity index (χ3n) is 3.43. The van der Waals surface area contributed by atoms with Crippen LogP contribution in [0.3, 0.4) is 0 Å². The molecule has 21 heavy (non-hydrogen) atoms. The molecule has 0 radical (unpaired) electrons. The maximum atomic E-state index is 12.7. The average Bonchev–Trinajstić information content (AvgIpc) is 2.47. The summed E-state index contributed by atoms with van der Waals surface area (Å²) in [6.45, 7) is 7.34. The number of carbonyl (C=O) groups excluding carboxylic acids is 1. The van der Waals surface area contributed by atoms with Crippen molar-refractivity contribution in [2.24, 2.45) is 5.73 Å². The van der Waals surface area contributed by atoms with Crippen molar-refractivity contribution >= 4 is 5.91 Å². The van der Waals surface area contributed by atoms with Gasteiger partial charge in [0.15, 0.2) is 0 Å². The van der Waals surface area contributed by atoms with Gasteiger partial charge in [0.05, 0.1) is 19.2 Å². The van der Waals surface area contributed by atoms with Gasteiger partial charge in [0.1, 0.15) is 0 Å². The molecule has 1 amide bonds. The number of benzene rings is 1. The van der Waals surface area contributed by atoms with Crippen molar-refractivity contribution in [3.8, 4) is 11.8 Å². The zero-order chi connectivity index (χ0) is 15.8. The second-order valence-electron chi connectivity index (χ2n) is 4.88. The lowest BCUT2D eigenvalue weighted by atomic mass is 10.0. The number of rotatable bonds is 5. The number of methoxy groups -OCH3 is 1. The van der Waals surface area contributed by atoms with E-state index in [9.17, 15) is 4.79 Å². The number of ether oxygens (including phenoxy) is 1. The highest BCUT2D eigenvalue weighted by atomic mass is 16.5. The zero-order valence-electron chi connectivity index (χ0n) is 13.3. The molecule has 0 fully saturated rings. The Labute approximate surface area is 127 Å². The highest BCUT2D eigenvalue weighted by Crippen LogP contribution is 2.16. The predicted octanol–water partition coefficient (Wildman–Crippen LogP) is 1.80. The Bertz CT molecular complexity index is 543. The van der Waals surface area contributed by atoms with Gasteiger partial charge < -0.3 is 15.4 Å². The number of hydrogen-bond donors (Lipinski definition) is 1. The standard InChI is InChI=1S/C17H24N2O2/c1-5-19(13(2)12-21-4)17(20)16-10-6-8-15(14(16)3)9-7-11-18/h6,8,10,13H,5,11-12,18H2,1-4H3. The third-order valence-corrected chi connectivity index (χ3v) is 3.43. The molecule has 1 aromatic rings. The first-order valence-electron chi connectivity index (χ1n) is 7.15. The Morgan fingerprint density at radius 2 is 2.19 bits per heavy atom. The molecule has 4 heteroatoms. The first-order valence-corrected chi connectivity index (χ1v) is 7.15. The second-order valence-corrected chi connectivity index (χ2v) is 4.88. The maximum absolute atomic E-state index is 12.7. The van der Waals surface area contributed by atoms with Crippen molar-refractivity contribution in [1.82, 2.24) is 4.90 Å². The SMILES string of the molecule is CCN(C(=O)c1cccc(C#CCN)c1C)C(C)COC. The normalized spacial score (nSPS) is 11.5.